The van der Waals surface area contributed by atoms with Crippen LogP contribution in [0.25, 0.3) is 0 Å². The minimum Gasteiger partial charge on any atom is -0.458 e. The van der Waals surface area contributed by atoms with Crippen LogP contribution in [0.15, 0.2) is 0 Å². The molecule has 0 bridgehead atoms. The molecule has 0 unspecified atom stereocenters. The van der Waals surface area contributed by atoms with Gasteiger partial charge >= 0.3 is 5.97 Å². The maximum atomic E-state index is 11.8. The van der Waals surface area contributed by atoms with E-state index in [1.54, 1.807) is 0 Å². The number of carbonyl (C=O) groups is 1. The van der Waals surface area contributed by atoms with Gasteiger partial charge in [-0.2, -0.15) is 0 Å². The molecule has 0 radical (unpaired) electrons. The van der Waals surface area contributed by atoms with Crippen molar-refractivity contribution in [3.05, 3.63) is 0 Å². The number of hydrogen-bond acceptors (Lipinski definition) is 2. The van der Waals surface area contributed by atoms with E-state index < -0.39 is 0 Å². The van der Waals surface area contributed by atoms with Gasteiger partial charge in [0.2, 0.25) is 0 Å². The molecule has 2 nitrogen and oxygen atoms in total. The Morgan fingerprint density at radius 2 is 1.47 bits per heavy atom. The van der Waals surface area contributed by atoms with Gasteiger partial charge < -0.3 is 4.74 Å². The first-order valence-corrected chi connectivity index (χ1v) is 8.58. The van der Waals surface area contributed by atoms with Gasteiger partial charge in [0.1, 0.15) is 11.5 Å². The minimum absolute atomic E-state index is 0.00549. The zero-order valence-corrected chi connectivity index (χ0v) is 12.7. The number of hydrogen-bond donors (Lipinski definition) is 0. The highest BCUT2D eigenvalue weighted by atomic mass is 35.5. The Hall–Kier alpha value is -0.240. The normalized spacial score (nSPS) is 25.3. The van der Waals surface area contributed by atoms with Crippen molar-refractivity contribution in [3.63, 3.8) is 0 Å². The summed E-state index contributed by atoms with van der Waals surface area (Å²) in [6.07, 6.45) is 14.8. The molecule has 0 N–H and O–H groups in total. The molecule has 2 rings (SSSR count). The van der Waals surface area contributed by atoms with Crippen molar-refractivity contribution in [3.8, 4) is 0 Å². The lowest BCUT2D eigenvalue weighted by Gasteiger charge is -2.39. The summed E-state index contributed by atoms with van der Waals surface area (Å²) in [6, 6.07) is 0. The van der Waals surface area contributed by atoms with Crippen molar-refractivity contribution >= 4 is 17.6 Å². The van der Waals surface area contributed by atoms with Crippen LogP contribution in [0.4, 0.5) is 0 Å². The van der Waals surface area contributed by atoms with Crippen LogP contribution in [-0.4, -0.2) is 17.5 Å². The Bertz CT molecular complexity index is 274. The van der Waals surface area contributed by atoms with Gasteiger partial charge in [-0.15, -0.1) is 11.6 Å². The molecule has 2 aliphatic carbocycles. The van der Waals surface area contributed by atoms with Crippen LogP contribution in [0.1, 0.15) is 77.0 Å². The molecule has 0 atom stereocenters. The Labute approximate surface area is 122 Å². The lowest BCUT2D eigenvalue weighted by atomic mass is 9.76. The number of ether oxygens (including phenoxy) is 1. The van der Waals surface area contributed by atoms with Gasteiger partial charge in [0, 0.05) is 0 Å². The highest BCUT2D eigenvalue weighted by molar-refractivity contribution is 6.26. The number of alkyl halides is 1. The van der Waals surface area contributed by atoms with Crippen molar-refractivity contribution in [1.82, 2.24) is 0 Å². The molecule has 0 heterocycles. The molecule has 0 amide bonds. The largest absolute Gasteiger partial charge is 0.458 e. The zero-order valence-electron chi connectivity index (χ0n) is 12.0. The van der Waals surface area contributed by atoms with Crippen LogP contribution in [0, 0.1) is 5.92 Å². The van der Waals surface area contributed by atoms with E-state index in [-0.39, 0.29) is 17.5 Å². The predicted molar refractivity (Wildman–Crippen MR) is 78.4 cm³/mol. The number of halogens is 1. The maximum absolute atomic E-state index is 11.8. The molecule has 0 aromatic rings. The molecule has 110 valence electrons. The van der Waals surface area contributed by atoms with Crippen LogP contribution < -0.4 is 0 Å². The first-order valence-electron chi connectivity index (χ1n) is 8.05. The molecule has 0 aliphatic heterocycles. The van der Waals surface area contributed by atoms with E-state index >= 15 is 0 Å². The highest BCUT2D eigenvalue weighted by Crippen LogP contribution is 2.43. The summed E-state index contributed by atoms with van der Waals surface area (Å²) in [5, 5.41) is 0. The molecular weight excluding hydrogens is 260 g/mol. The van der Waals surface area contributed by atoms with Crippen molar-refractivity contribution in [1.29, 1.82) is 0 Å². The molecule has 0 saturated heterocycles. The van der Waals surface area contributed by atoms with Gasteiger partial charge in [-0.3, -0.25) is 4.79 Å². The minimum atomic E-state index is -0.215. The molecular formula is C16H27ClO2. The van der Waals surface area contributed by atoms with Gasteiger partial charge in [0.25, 0.3) is 0 Å². The predicted octanol–water partition coefficient (Wildman–Crippen LogP) is 4.83. The fourth-order valence-corrected chi connectivity index (χ4v) is 4.03. The Kier molecular flexibility index (Phi) is 6.00. The second kappa shape index (κ2) is 7.52. The third kappa shape index (κ3) is 4.11. The number of esters is 1. The van der Waals surface area contributed by atoms with Gasteiger partial charge in [-0.25, -0.2) is 0 Å². The van der Waals surface area contributed by atoms with Crippen LogP contribution in [0.3, 0.4) is 0 Å². The smallest absolute Gasteiger partial charge is 0.321 e. The lowest BCUT2D eigenvalue weighted by molar-refractivity contribution is -0.166. The van der Waals surface area contributed by atoms with E-state index in [0.29, 0.717) is 5.92 Å². The summed E-state index contributed by atoms with van der Waals surface area (Å²) in [5.74, 6) is 0.349. The summed E-state index contributed by atoms with van der Waals surface area (Å²) >= 11 is 5.67. The van der Waals surface area contributed by atoms with Crippen LogP contribution in [0.2, 0.25) is 0 Å². The summed E-state index contributed by atoms with van der Waals surface area (Å²) in [7, 11) is 0. The molecule has 3 heteroatoms. The summed E-state index contributed by atoms with van der Waals surface area (Å²) in [6.45, 7) is 0. The summed E-state index contributed by atoms with van der Waals surface area (Å²) in [5.41, 5.74) is -0.188. The molecule has 19 heavy (non-hydrogen) atoms. The first-order chi connectivity index (χ1) is 9.27. The van der Waals surface area contributed by atoms with Crippen LogP contribution in [-0.2, 0) is 9.53 Å². The molecule has 2 saturated carbocycles. The third-order valence-corrected chi connectivity index (χ3v) is 5.19. The van der Waals surface area contributed by atoms with Crippen molar-refractivity contribution in [2.45, 2.75) is 82.7 Å². The van der Waals surface area contributed by atoms with E-state index in [2.05, 4.69) is 0 Å². The number of rotatable bonds is 3. The maximum Gasteiger partial charge on any atom is 0.321 e. The fraction of sp³-hybridized carbons (Fsp3) is 0.938. The Balaban J connectivity index is 2.12. The van der Waals surface area contributed by atoms with E-state index in [0.717, 1.165) is 12.8 Å². The Morgan fingerprint density at radius 1 is 0.947 bits per heavy atom. The zero-order chi connectivity index (χ0) is 13.6. The molecule has 2 fully saturated rings. The lowest BCUT2D eigenvalue weighted by Crippen LogP contribution is -2.42. The molecule has 2 aliphatic rings. The van der Waals surface area contributed by atoms with Gasteiger partial charge in [0.05, 0.1) is 0 Å². The summed E-state index contributed by atoms with van der Waals surface area (Å²) < 4.78 is 5.93. The SMILES string of the molecule is O=C(CCl)OC1(C2CCCCCC2)CCCCCC1. The average Bonchev–Trinajstić information content (AvgIpc) is 2.81. The third-order valence-electron chi connectivity index (χ3n) is 4.98. The average molecular weight is 287 g/mol. The van der Waals surface area contributed by atoms with Gasteiger partial charge in [-0.05, 0) is 44.4 Å². The highest BCUT2D eigenvalue weighted by Gasteiger charge is 2.42. The molecule has 0 aromatic carbocycles. The fourth-order valence-electron chi connectivity index (χ4n) is 3.98. The van der Waals surface area contributed by atoms with Crippen LogP contribution in [0.5, 0.6) is 0 Å². The standard InChI is InChI=1S/C16H27ClO2/c17-13-15(18)19-16(11-7-3-4-8-12-16)14-9-5-1-2-6-10-14/h14H,1-13H2. The number of carbonyl (C=O) groups excluding carboxylic acids is 1. The van der Waals surface area contributed by atoms with E-state index in [4.69, 9.17) is 16.3 Å². The van der Waals surface area contributed by atoms with Crippen molar-refractivity contribution < 1.29 is 9.53 Å². The van der Waals surface area contributed by atoms with E-state index in [9.17, 15) is 4.79 Å². The summed E-state index contributed by atoms with van der Waals surface area (Å²) in [4.78, 5) is 11.8. The topological polar surface area (TPSA) is 26.3 Å². The van der Waals surface area contributed by atoms with Gasteiger partial charge in [-0.1, -0.05) is 38.5 Å². The van der Waals surface area contributed by atoms with Crippen LogP contribution >= 0.6 is 11.6 Å². The first kappa shape index (κ1) is 15.2. The monoisotopic (exact) mass is 286 g/mol. The second-order valence-electron chi connectivity index (χ2n) is 6.28. The quantitative estimate of drug-likeness (QED) is 0.422. The van der Waals surface area contributed by atoms with Crippen molar-refractivity contribution in [2.24, 2.45) is 5.92 Å². The molecule has 0 aromatic heterocycles. The van der Waals surface area contributed by atoms with E-state index in [1.807, 2.05) is 0 Å². The van der Waals surface area contributed by atoms with Crippen molar-refractivity contribution in [2.75, 3.05) is 5.88 Å². The van der Waals surface area contributed by atoms with Gasteiger partial charge in [0.15, 0.2) is 0 Å². The second-order valence-corrected chi connectivity index (χ2v) is 6.54. The Morgan fingerprint density at radius 3 is 2.00 bits per heavy atom. The van der Waals surface area contributed by atoms with E-state index in [1.165, 1.54) is 64.2 Å². The molecule has 0 spiro atoms.